The Morgan fingerprint density at radius 3 is 1.67 bits per heavy atom. The van der Waals surface area contributed by atoms with Crippen LogP contribution in [0, 0.1) is 0 Å². The number of ether oxygens (including phenoxy) is 4. The number of hydrogen-bond acceptors (Lipinski definition) is 5. The normalized spacial score (nSPS) is 9.67. The average Bonchev–Trinajstić information content (AvgIpc) is 2.59. The minimum Gasteiger partial charge on any atom is -0.663 e. The van der Waals surface area contributed by atoms with Crippen molar-refractivity contribution >= 4 is 5.91 Å². The zero-order valence-electron chi connectivity index (χ0n) is 15.8. The second kappa shape index (κ2) is 28.2. The monoisotopic (exact) mass is 424 g/mol. The van der Waals surface area contributed by atoms with Gasteiger partial charge >= 0.3 is 0 Å². The maximum Gasteiger partial charge on any atom is 0.219 e. The maximum absolute atomic E-state index is 10.9. The Kier molecular flexibility index (Phi) is 34.2. The van der Waals surface area contributed by atoms with Gasteiger partial charge in [-0.3, -0.25) is 4.79 Å². The molecule has 0 rings (SSSR count). The van der Waals surface area contributed by atoms with Crippen molar-refractivity contribution in [2.24, 2.45) is 0 Å². The van der Waals surface area contributed by atoms with Crippen molar-refractivity contribution in [3.05, 3.63) is 5.32 Å². The van der Waals surface area contributed by atoms with E-state index < -0.39 is 0 Å². The number of likely N-dealkylation sites (N-methyl/N-ethyl adjacent to an activating group) is 1. The Morgan fingerprint density at radius 1 is 0.833 bits per heavy atom. The van der Waals surface area contributed by atoms with Crippen molar-refractivity contribution in [1.29, 1.82) is 0 Å². The molecule has 1 radical (unpaired) electrons. The van der Waals surface area contributed by atoms with Crippen molar-refractivity contribution in [1.82, 2.24) is 5.32 Å². The molecule has 7 nitrogen and oxygen atoms in total. The number of nitrogens with zero attached hydrogens (tertiary/aromatic N) is 1. The number of nitrogens with one attached hydrogen (secondary N) is 1. The molecule has 0 saturated carbocycles. The van der Waals surface area contributed by atoms with Crippen LogP contribution in [0.25, 0.3) is 5.32 Å². The van der Waals surface area contributed by atoms with Crippen LogP contribution in [0.4, 0.5) is 0 Å². The van der Waals surface area contributed by atoms with Crippen molar-refractivity contribution in [2.75, 3.05) is 73.0 Å². The zero-order valence-corrected chi connectivity index (χ0v) is 18.7. The first-order chi connectivity index (χ1) is 11.3. The minimum atomic E-state index is 0. The summed E-state index contributed by atoms with van der Waals surface area (Å²) >= 11 is 0. The fraction of sp³-hybridized carbons (Fsp3) is 0.938. The molecule has 0 unspecified atom stereocenters. The molecule has 0 atom stereocenters. The van der Waals surface area contributed by atoms with E-state index in [0.29, 0.717) is 65.8 Å². The van der Waals surface area contributed by atoms with Gasteiger partial charge in [-0.05, 0) is 0 Å². The summed E-state index contributed by atoms with van der Waals surface area (Å²) in [7, 11) is 1.77. The van der Waals surface area contributed by atoms with Gasteiger partial charge in [0.15, 0.2) is 0 Å². The Hall–Kier alpha value is 0.374. The third kappa shape index (κ3) is 27.2. The third-order valence-corrected chi connectivity index (χ3v) is 2.46. The molecule has 1 N–H and O–H groups in total. The van der Waals surface area contributed by atoms with Crippen LogP contribution in [0.1, 0.15) is 27.2 Å². The molecule has 0 aromatic heterocycles. The molecular weight excluding hydrogens is 389 g/mol. The van der Waals surface area contributed by atoms with Gasteiger partial charge in [0.2, 0.25) is 5.91 Å². The van der Waals surface area contributed by atoms with E-state index in [2.05, 4.69) is 10.6 Å². The summed E-state index contributed by atoms with van der Waals surface area (Å²) in [6.45, 7) is 11.5. The predicted molar refractivity (Wildman–Crippen MR) is 92.1 cm³/mol. The van der Waals surface area contributed by atoms with Crippen LogP contribution in [0.15, 0.2) is 0 Å². The van der Waals surface area contributed by atoms with Crippen LogP contribution >= 0.6 is 0 Å². The van der Waals surface area contributed by atoms with Crippen LogP contribution < -0.4 is 5.32 Å². The molecule has 8 heteroatoms. The Labute approximate surface area is 172 Å². The van der Waals surface area contributed by atoms with E-state index in [1.54, 1.807) is 7.05 Å². The summed E-state index contributed by atoms with van der Waals surface area (Å²) in [5.74, 6) is 0.0417. The summed E-state index contributed by atoms with van der Waals surface area (Å²) in [5, 5.41) is 6.66. The molecule has 0 aromatic carbocycles. The van der Waals surface area contributed by atoms with Crippen LogP contribution in [0.5, 0.6) is 0 Å². The molecule has 0 aliphatic carbocycles. The quantitative estimate of drug-likeness (QED) is 0.381. The first-order valence-electron chi connectivity index (χ1n) is 8.44. The summed E-state index contributed by atoms with van der Waals surface area (Å²) < 4.78 is 21.2. The molecule has 143 valence electrons. The first-order valence-corrected chi connectivity index (χ1v) is 8.44. The van der Waals surface area contributed by atoms with E-state index in [0.717, 1.165) is 6.54 Å². The van der Waals surface area contributed by atoms with Gasteiger partial charge in [0.25, 0.3) is 0 Å². The second-order valence-corrected chi connectivity index (χ2v) is 4.19. The molecule has 0 aliphatic heterocycles. The predicted octanol–water partition coefficient (Wildman–Crippen LogP) is 1.61. The summed E-state index contributed by atoms with van der Waals surface area (Å²) in [6.07, 6.45) is 0.502. The molecule has 0 saturated heterocycles. The largest absolute Gasteiger partial charge is 0.663 e. The Bertz CT molecular complexity index is 237. The fourth-order valence-corrected chi connectivity index (χ4v) is 1.31. The van der Waals surface area contributed by atoms with Crippen LogP contribution in [0.2, 0.25) is 0 Å². The van der Waals surface area contributed by atoms with Gasteiger partial charge in [0.1, 0.15) is 0 Å². The molecule has 0 heterocycles. The molecule has 0 aliphatic rings. The molecule has 24 heavy (non-hydrogen) atoms. The topological polar surface area (TPSA) is 80.1 Å². The van der Waals surface area contributed by atoms with Crippen molar-refractivity contribution in [3.8, 4) is 0 Å². The molecule has 0 fully saturated rings. The number of hydrogen-bond donors (Lipinski definition) is 1. The molecular formula is C16H35N2O5Y-. The SMILES string of the molecule is CC.CCC(=O)NCCOCCOCCOCCOCC[N-]C.[Y]. The van der Waals surface area contributed by atoms with Crippen LogP contribution in [0.3, 0.4) is 0 Å². The van der Waals surface area contributed by atoms with E-state index in [4.69, 9.17) is 18.9 Å². The number of rotatable bonds is 16. The minimum absolute atomic E-state index is 0. The van der Waals surface area contributed by atoms with E-state index in [1.165, 1.54) is 0 Å². The third-order valence-electron chi connectivity index (χ3n) is 2.46. The van der Waals surface area contributed by atoms with E-state index in [1.807, 2.05) is 20.8 Å². The molecule has 1 amide bonds. The molecule has 0 aromatic rings. The summed E-state index contributed by atoms with van der Waals surface area (Å²) in [5.41, 5.74) is 0. The maximum atomic E-state index is 10.9. The van der Waals surface area contributed by atoms with Crippen LogP contribution in [-0.4, -0.2) is 78.9 Å². The van der Waals surface area contributed by atoms with E-state index >= 15 is 0 Å². The average molecular weight is 424 g/mol. The zero-order chi connectivity index (χ0) is 17.6. The molecule has 0 spiro atoms. The summed E-state index contributed by atoms with van der Waals surface area (Å²) in [6, 6.07) is 0. The fourth-order valence-electron chi connectivity index (χ4n) is 1.31. The van der Waals surface area contributed by atoms with E-state index in [9.17, 15) is 4.79 Å². The van der Waals surface area contributed by atoms with Crippen LogP contribution in [-0.2, 0) is 56.5 Å². The van der Waals surface area contributed by atoms with E-state index in [-0.39, 0.29) is 38.6 Å². The van der Waals surface area contributed by atoms with Crippen molar-refractivity contribution in [2.45, 2.75) is 27.2 Å². The van der Waals surface area contributed by atoms with Gasteiger partial charge in [-0.15, -0.1) is 6.54 Å². The van der Waals surface area contributed by atoms with Gasteiger partial charge in [-0.25, -0.2) is 0 Å². The number of carbonyl (C=O) groups is 1. The Balaban J connectivity index is -0.00000141. The van der Waals surface area contributed by atoms with Crippen molar-refractivity contribution < 1.29 is 56.5 Å². The smallest absolute Gasteiger partial charge is 0.219 e. The standard InChI is InChI=1S/C14H29N2O5.C2H6.Y/c1-3-14(17)16-5-7-19-9-11-21-13-12-20-10-8-18-6-4-15-2;1-2;/h3-13H2,1-2H3,(H,16,17);1-2H3;/q-1;;. The van der Waals surface area contributed by atoms with Gasteiger partial charge < -0.3 is 29.6 Å². The Morgan fingerprint density at radius 2 is 1.25 bits per heavy atom. The molecule has 0 bridgehead atoms. The number of amides is 1. The van der Waals surface area contributed by atoms with Gasteiger partial charge in [-0.1, -0.05) is 20.8 Å². The first kappa shape index (κ1) is 29.1. The number of carbonyl (C=O) groups excluding carboxylic acids is 1. The van der Waals surface area contributed by atoms with Gasteiger partial charge in [0, 0.05) is 52.3 Å². The summed E-state index contributed by atoms with van der Waals surface area (Å²) in [4.78, 5) is 10.9. The van der Waals surface area contributed by atoms with Crippen molar-refractivity contribution in [3.63, 3.8) is 0 Å². The van der Waals surface area contributed by atoms with Gasteiger partial charge in [0.05, 0.1) is 46.2 Å². The van der Waals surface area contributed by atoms with Gasteiger partial charge in [-0.2, -0.15) is 7.05 Å². The second-order valence-electron chi connectivity index (χ2n) is 4.19.